The highest BCUT2D eigenvalue weighted by molar-refractivity contribution is 7.92. The first kappa shape index (κ1) is 29.7. The Kier molecular flexibility index (Phi) is 8.43. The van der Waals surface area contributed by atoms with Crippen molar-refractivity contribution in [3.8, 4) is 0 Å². The molecule has 0 bridgehead atoms. The second-order valence-corrected chi connectivity index (χ2v) is 11.8. The summed E-state index contributed by atoms with van der Waals surface area (Å²) in [6.07, 6.45) is 1.06. The lowest BCUT2D eigenvalue weighted by molar-refractivity contribution is -0.120. The summed E-state index contributed by atoms with van der Waals surface area (Å²) in [5.41, 5.74) is -4.71. The van der Waals surface area contributed by atoms with Crippen LogP contribution in [0.25, 0.3) is 0 Å². The first-order valence-electron chi connectivity index (χ1n) is 13.0. The van der Waals surface area contributed by atoms with Gasteiger partial charge in [-0.1, -0.05) is 13.8 Å². The normalized spacial score (nSPS) is 20.1. The first-order chi connectivity index (χ1) is 18.8. The topological polar surface area (TPSA) is 97.4 Å². The van der Waals surface area contributed by atoms with Crippen LogP contribution in [0.4, 0.5) is 29.5 Å². The van der Waals surface area contributed by atoms with E-state index in [1.807, 2.05) is 30.9 Å². The Morgan fingerprint density at radius 3 is 2.17 bits per heavy atom. The number of hydrogen-bond donors (Lipinski definition) is 0. The van der Waals surface area contributed by atoms with Gasteiger partial charge in [-0.05, 0) is 69.0 Å². The van der Waals surface area contributed by atoms with Crippen molar-refractivity contribution < 1.29 is 31.2 Å². The van der Waals surface area contributed by atoms with Gasteiger partial charge in [-0.3, -0.25) is 14.6 Å². The number of nitrogens with zero attached hydrogens (tertiary/aromatic N) is 6. The molecule has 1 aromatic carbocycles. The lowest BCUT2D eigenvalue weighted by Crippen LogP contribution is -2.47. The fourth-order valence-electron chi connectivity index (χ4n) is 5.06. The number of likely N-dealkylation sites (N-methyl/N-ethyl adjacent to an activating group) is 1. The van der Waals surface area contributed by atoms with Crippen molar-refractivity contribution in [2.45, 2.75) is 43.4 Å². The predicted molar refractivity (Wildman–Crippen MR) is 143 cm³/mol. The molecule has 2 atom stereocenters. The molecule has 0 N–H and O–H groups in total. The number of amides is 3. The predicted octanol–water partition coefficient (Wildman–Crippen LogP) is 3.32. The molecule has 2 aromatic rings. The number of carbonyl (C=O) groups excluding carboxylic acids is 2. The van der Waals surface area contributed by atoms with E-state index in [0.29, 0.717) is 13.1 Å². The van der Waals surface area contributed by atoms with E-state index in [4.69, 9.17) is 0 Å². The molecule has 2 fully saturated rings. The quantitative estimate of drug-likeness (QED) is 0.438. The molecule has 14 heteroatoms. The fraction of sp³-hybridized carbons (Fsp3) is 0.500. The van der Waals surface area contributed by atoms with Crippen LogP contribution >= 0.6 is 0 Å². The highest BCUT2D eigenvalue weighted by atomic mass is 32.2. The molecule has 40 heavy (non-hydrogen) atoms. The minimum absolute atomic E-state index is 0.0170. The van der Waals surface area contributed by atoms with Crippen LogP contribution in [0, 0.1) is 0 Å². The summed E-state index contributed by atoms with van der Waals surface area (Å²) in [6, 6.07) is 5.77. The number of anilines is 2. The summed E-state index contributed by atoms with van der Waals surface area (Å²) < 4.78 is 62.5. The number of alkyl halides is 3. The largest absolute Gasteiger partial charge is 0.501 e. The Bertz CT molecular complexity index is 1340. The van der Waals surface area contributed by atoms with Gasteiger partial charge in [0, 0.05) is 32.4 Å². The summed E-state index contributed by atoms with van der Waals surface area (Å²) in [4.78, 5) is 39.5. The van der Waals surface area contributed by atoms with Crippen LogP contribution in [-0.4, -0.2) is 97.9 Å². The molecule has 2 unspecified atom stereocenters. The van der Waals surface area contributed by atoms with Crippen molar-refractivity contribution in [2.24, 2.45) is 0 Å². The number of rotatable bonds is 8. The number of piperazine rings is 1. The van der Waals surface area contributed by atoms with E-state index in [-0.39, 0.29) is 5.69 Å². The van der Waals surface area contributed by atoms with Crippen LogP contribution in [0.15, 0.2) is 47.5 Å². The van der Waals surface area contributed by atoms with Gasteiger partial charge in [-0.25, -0.2) is 23.1 Å². The minimum atomic E-state index is -5.57. The Labute approximate surface area is 231 Å². The van der Waals surface area contributed by atoms with E-state index in [0.717, 1.165) is 66.7 Å². The summed E-state index contributed by atoms with van der Waals surface area (Å²) in [5.74, 6) is 0.202. The van der Waals surface area contributed by atoms with E-state index < -0.39 is 44.4 Å². The third-order valence-electron chi connectivity index (χ3n) is 7.43. The molecule has 3 heterocycles. The molecule has 1 aromatic heterocycles. The smallest absolute Gasteiger partial charge is 0.354 e. The second kappa shape index (κ2) is 11.3. The molecule has 10 nitrogen and oxygen atoms in total. The Morgan fingerprint density at radius 1 is 1.02 bits per heavy atom. The highest BCUT2D eigenvalue weighted by Gasteiger charge is 2.49. The number of benzene rings is 1. The van der Waals surface area contributed by atoms with Crippen LogP contribution in [0.2, 0.25) is 0 Å². The second-order valence-electron chi connectivity index (χ2n) is 9.82. The van der Waals surface area contributed by atoms with Crippen molar-refractivity contribution in [3.63, 3.8) is 0 Å². The maximum Gasteiger partial charge on any atom is 0.501 e. The van der Waals surface area contributed by atoms with Gasteiger partial charge >= 0.3 is 11.5 Å². The van der Waals surface area contributed by atoms with Crippen molar-refractivity contribution in [1.82, 2.24) is 19.7 Å². The van der Waals surface area contributed by atoms with Crippen LogP contribution in [0.3, 0.4) is 0 Å². The van der Waals surface area contributed by atoms with Crippen molar-refractivity contribution in [2.75, 3.05) is 56.1 Å². The van der Waals surface area contributed by atoms with Crippen LogP contribution < -0.4 is 9.80 Å². The molecule has 2 saturated heterocycles. The molecule has 0 aliphatic carbocycles. The van der Waals surface area contributed by atoms with Crippen molar-refractivity contribution in [3.05, 3.63) is 48.2 Å². The molecule has 3 amide bonds. The molecule has 0 radical (unpaired) electrons. The number of sulfone groups is 1. The van der Waals surface area contributed by atoms with Crippen molar-refractivity contribution >= 4 is 33.3 Å². The lowest BCUT2D eigenvalue weighted by atomic mass is 10.1. The van der Waals surface area contributed by atoms with E-state index in [1.165, 1.54) is 4.90 Å². The molecular formula is C26H33F3N6O4S. The average molecular weight is 583 g/mol. The zero-order chi connectivity index (χ0) is 29.4. The number of halogens is 3. The lowest BCUT2D eigenvalue weighted by Gasteiger charge is -2.39. The molecule has 218 valence electrons. The molecule has 4 rings (SSSR count). The van der Waals surface area contributed by atoms with Crippen LogP contribution in [0.1, 0.15) is 32.5 Å². The number of imide groups is 1. The van der Waals surface area contributed by atoms with Gasteiger partial charge in [-0.15, -0.1) is 0 Å². The molecule has 0 spiro atoms. The zero-order valence-electron chi connectivity index (χ0n) is 22.8. The number of carbonyl (C=O) groups is 2. The van der Waals surface area contributed by atoms with E-state index >= 15 is 0 Å². The summed E-state index contributed by atoms with van der Waals surface area (Å²) in [7, 11) is -3.51. The third kappa shape index (κ3) is 5.39. The summed E-state index contributed by atoms with van der Waals surface area (Å²) >= 11 is 0. The van der Waals surface area contributed by atoms with Gasteiger partial charge < -0.3 is 9.80 Å². The highest BCUT2D eigenvalue weighted by Crippen LogP contribution is 2.37. The third-order valence-corrected chi connectivity index (χ3v) is 8.94. The van der Waals surface area contributed by atoms with E-state index in [2.05, 4.69) is 21.8 Å². The maximum absolute atomic E-state index is 13.8. The fourth-order valence-corrected chi connectivity index (χ4v) is 5.83. The van der Waals surface area contributed by atoms with E-state index in [9.17, 15) is 31.2 Å². The number of urea groups is 1. The average Bonchev–Trinajstić information content (AvgIpc) is 3.14. The van der Waals surface area contributed by atoms with Gasteiger partial charge in [0.05, 0.1) is 10.6 Å². The molecular weight excluding hydrogens is 549 g/mol. The van der Waals surface area contributed by atoms with Gasteiger partial charge in [0.1, 0.15) is 18.0 Å². The standard InChI is InChI=1S/C26H33F3N6O4S/c1-5-32(6-2)23(19-11-12-30-22(17-19)33-15-13-31(4)14-16-33)34-18(3)24(36)35(25(34)37)20-7-9-21(10-8-20)40(38,39)26(27,28)29/h7-12,17-18,23H,5-6,13-16H2,1-4H3. The SMILES string of the molecule is CCN(CC)C(c1ccnc(N2CCN(C)CC2)c1)N1C(=O)N(c2ccc(S(=O)(=O)C(F)(F)F)cc2)C(=O)C1C. The Hall–Kier alpha value is -3.23. The van der Waals surface area contributed by atoms with Gasteiger partial charge in [-0.2, -0.15) is 13.2 Å². The first-order valence-corrected chi connectivity index (χ1v) is 14.5. The van der Waals surface area contributed by atoms with E-state index in [1.54, 1.807) is 13.1 Å². The van der Waals surface area contributed by atoms with Crippen molar-refractivity contribution in [1.29, 1.82) is 0 Å². The van der Waals surface area contributed by atoms with Gasteiger partial charge in [0.25, 0.3) is 15.7 Å². The zero-order valence-corrected chi connectivity index (χ0v) is 23.6. The van der Waals surface area contributed by atoms with Crippen LogP contribution in [-0.2, 0) is 14.6 Å². The van der Waals surface area contributed by atoms with Crippen LogP contribution in [0.5, 0.6) is 0 Å². The summed E-state index contributed by atoms with van der Waals surface area (Å²) in [5, 5.41) is 0. The Balaban J connectivity index is 1.69. The number of aromatic nitrogens is 1. The number of pyridine rings is 1. The monoisotopic (exact) mass is 582 g/mol. The Morgan fingerprint density at radius 2 is 1.62 bits per heavy atom. The molecule has 0 saturated carbocycles. The van der Waals surface area contributed by atoms with Gasteiger partial charge in [0.15, 0.2) is 0 Å². The summed E-state index contributed by atoms with van der Waals surface area (Å²) in [6.45, 7) is 10.0. The number of hydrogen-bond acceptors (Lipinski definition) is 8. The minimum Gasteiger partial charge on any atom is -0.354 e. The molecule has 2 aliphatic heterocycles. The molecule has 2 aliphatic rings. The van der Waals surface area contributed by atoms with Gasteiger partial charge in [0.2, 0.25) is 0 Å². The maximum atomic E-state index is 13.8.